The summed E-state index contributed by atoms with van der Waals surface area (Å²) in [6.45, 7) is 4.19. The molecule has 0 bridgehead atoms. The lowest BCUT2D eigenvalue weighted by atomic mass is 10.2. The van der Waals surface area contributed by atoms with Crippen LogP contribution in [0.25, 0.3) is 0 Å². The molecule has 2 rings (SSSR count). The minimum absolute atomic E-state index is 0.124. The molecule has 1 unspecified atom stereocenters. The molecule has 2 N–H and O–H groups in total. The molecule has 0 spiro atoms. The van der Waals surface area contributed by atoms with Gasteiger partial charge in [0.15, 0.2) is 0 Å². The van der Waals surface area contributed by atoms with Crippen LogP contribution in [0, 0.1) is 11.8 Å². The van der Waals surface area contributed by atoms with Crippen LogP contribution in [-0.4, -0.2) is 41.4 Å². The Labute approximate surface area is 116 Å². The van der Waals surface area contributed by atoms with Crippen LogP contribution in [0.4, 0.5) is 0 Å². The predicted molar refractivity (Wildman–Crippen MR) is 78.1 cm³/mol. The van der Waals surface area contributed by atoms with Crippen molar-refractivity contribution in [2.24, 2.45) is 5.73 Å². The number of rotatable bonds is 1. The molecule has 3 nitrogen and oxygen atoms in total. The van der Waals surface area contributed by atoms with E-state index in [0.717, 1.165) is 29.3 Å². The van der Waals surface area contributed by atoms with Crippen LogP contribution in [0.15, 0.2) is 11.4 Å². The zero-order valence-electron chi connectivity index (χ0n) is 10.3. The van der Waals surface area contributed by atoms with E-state index < -0.39 is 0 Å². The monoisotopic (exact) mass is 280 g/mol. The molecule has 0 radical (unpaired) electrons. The van der Waals surface area contributed by atoms with Gasteiger partial charge in [0, 0.05) is 29.5 Å². The highest BCUT2D eigenvalue weighted by molar-refractivity contribution is 7.99. The van der Waals surface area contributed by atoms with Gasteiger partial charge in [0.25, 0.3) is 5.91 Å². The third-order valence-corrected chi connectivity index (χ3v) is 4.67. The van der Waals surface area contributed by atoms with Crippen LogP contribution in [0.1, 0.15) is 22.2 Å². The fraction of sp³-hybridized carbons (Fsp3) is 0.462. The molecule has 1 saturated heterocycles. The quantitative estimate of drug-likeness (QED) is 0.796. The largest absolute Gasteiger partial charge is 0.337 e. The lowest BCUT2D eigenvalue weighted by Gasteiger charge is -2.30. The average molecular weight is 280 g/mol. The van der Waals surface area contributed by atoms with Crippen molar-refractivity contribution in [2.45, 2.75) is 12.2 Å². The van der Waals surface area contributed by atoms with E-state index in [1.54, 1.807) is 0 Å². The molecule has 96 valence electrons. The lowest BCUT2D eigenvalue weighted by molar-refractivity contribution is 0.0763. The second kappa shape index (κ2) is 6.28. The second-order valence-electron chi connectivity index (χ2n) is 4.14. The number of hydrogen-bond acceptors (Lipinski definition) is 4. The summed E-state index contributed by atoms with van der Waals surface area (Å²) >= 11 is 3.42. The molecule has 1 amide bonds. The van der Waals surface area contributed by atoms with Gasteiger partial charge in [-0.05, 0) is 6.07 Å². The highest BCUT2D eigenvalue weighted by atomic mass is 32.2. The second-order valence-corrected chi connectivity index (χ2v) is 6.60. The van der Waals surface area contributed by atoms with Gasteiger partial charge in [-0.1, -0.05) is 18.8 Å². The van der Waals surface area contributed by atoms with E-state index >= 15 is 0 Å². The maximum Gasteiger partial charge on any atom is 0.254 e. The van der Waals surface area contributed by atoms with Crippen LogP contribution in [0.5, 0.6) is 0 Å². The highest BCUT2D eigenvalue weighted by Gasteiger charge is 2.22. The Balaban J connectivity index is 2.06. The van der Waals surface area contributed by atoms with Gasteiger partial charge >= 0.3 is 0 Å². The molecule has 1 aromatic heterocycles. The van der Waals surface area contributed by atoms with E-state index in [-0.39, 0.29) is 5.91 Å². The van der Waals surface area contributed by atoms with Crippen molar-refractivity contribution in [2.75, 3.05) is 25.4 Å². The van der Waals surface area contributed by atoms with Crippen LogP contribution in [0.2, 0.25) is 0 Å². The summed E-state index contributed by atoms with van der Waals surface area (Å²) in [5.41, 5.74) is 6.08. The Morgan fingerprint density at radius 2 is 2.50 bits per heavy atom. The Hall–Kier alpha value is -0.960. The first-order chi connectivity index (χ1) is 8.70. The summed E-state index contributed by atoms with van der Waals surface area (Å²) in [6.07, 6.45) is 0. The Bertz CT molecular complexity index is 487. The van der Waals surface area contributed by atoms with Gasteiger partial charge < -0.3 is 10.6 Å². The first-order valence-corrected chi connectivity index (χ1v) is 7.82. The topological polar surface area (TPSA) is 46.3 Å². The molecule has 1 aromatic rings. The van der Waals surface area contributed by atoms with Crippen molar-refractivity contribution >= 4 is 29.0 Å². The average Bonchev–Trinajstić information content (AvgIpc) is 2.84. The number of carbonyl (C=O) groups is 1. The zero-order valence-corrected chi connectivity index (χ0v) is 11.9. The molecule has 2 heterocycles. The van der Waals surface area contributed by atoms with Gasteiger partial charge in [-0.25, -0.2) is 0 Å². The summed E-state index contributed by atoms with van der Waals surface area (Å²) in [5, 5.41) is 2.41. The van der Waals surface area contributed by atoms with Crippen molar-refractivity contribution < 1.29 is 4.79 Å². The van der Waals surface area contributed by atoms with Gasteiger partial charge in [-0.15, -0.1) is 11.3 Å². The summed E-state index contributed by atoms with van der Waals surface area (Å²) in [4.78, 5) is 15.1. The summed E-state index contributed by atoms with van der Waals surface area (Å²) < 4.78 is 0. The molecule has 1 aliphatic heterocycles. The highest BCUT2D eigenvalue weighted by Crippen LogP contribution is 2.21. The van der Waals surface area contributed by atoms with E-state index in [1.165, 1.54) is 11.3 Å². The molecular weight excluding hydrogens is 264 g/mol. The number of hydrogen-bond donors (Lipinski definition) is 1. The van der Waals surface area contributed by atoms with Crippen LogP contribution in [-0.2, 0) is 0 Å². The van der Waals surface area contributed by atoms with E-state index in [2.05, 4.69) is 18.8 Å². The van der Waals surface area contributed by atoms with Crippen molar-refractivity contribution in [3.63, 3.8) is 0 Å². The smallest absolute Gasteiger partial charge is 0.254 e. The third kappa shape index (κ3) is 3.29. The first kappa shape index (κ1) is 13.5. The fourth-order valence-corrected chi connectivity index (χ4v) is 3.60. The minimum Gasteiger partial charge on any atom is -0.337 e. The molecule has 18 heavy (non-hydrogen) atoms. The number of thiophene rings is 1. The van der Waals surface area contributed by atoms with E-state index in [0.29, 0.717) is 11.8 Å². The Kier molecular flexibility index (Phi) is 4.70. The standard InChI is InChI=1S/C13H16N2OS2/c1-10-8-15(5-6-17-10)13(16)11-7-12(18-9-11)3-2-4-14/h7,9-10H,4-6,8,14H2,1H3. The molecule has 0 saturated carbocycles. The molecule has 5 heteroatoms. The number of nitrogens with zero attached hydrogens (tertiary/aromatic N) is 1. The maximum absolute atomic E-state index is 12.3. The van der Waals surface area contributed by atoms with Gasteiger partial charge in [-0.3, -0.25) is 4.79 Å². The van der Waals surface area contributed by atoms with Crippen LogP contribution in [0.3, 0.4) is 0 Å². The van der Waals surface area contributed by atoms with E-state index in [1.807, 2.05) is 28.1 Å². The normalized spacial score (nSPS) is 19.2. The van der Waals surface area contributed by atoms with Gasteiger partial charge in [0.2, 0.25) is 0 Å². The zero-order chi connectivity index (χ0) is 13.0. The maximum atomic E-state index is 12.3. The summed E-state index contributed by atoms with van der Waals surface area (Å²) in [6, 6.07) is 1.86. The summed E-state index contributed by atoms with van der Waals surface area (Å²) in [5.74, 6) is 6.91. The van der Waals surface area contributed by atoms with Crippen molar-refractivity contribution in [3.05, 3.63) is 21.9 Å². The molecule has 0 aliphatic carbocycles. The minimum atomic E-state index is 0.124. The van der Waals surface area contributed by atoms with Gasteiger partial charge in [0.1, 0.15) is 0 Å². The third-order valence-electron chi connectivity index (χ3n) is 2.69. The van der Waals surface area contributed by atoms with Crippen LogP contribution >= 0.6 is 23.1 Å². The molecule has 0 aromatic carbocycles. The number of thioether (sulfide) groups is 1. The van der Waals surface area contributed by atoms with Gasteiger partial charge in [-0.2, -0.15) is 11.8 Å². The van der Waals surface area contributed by atoms with Crippen LogP contribution < -0.4 is 5.73 Å². The van der Waals surface area contributed by atoms with Gasteiger partial charge in [0.05, 0.1) is 17.0 Å². The predicted octanol–water partition coefficient (Wildman–Crippen LogP) is 1.64. The number of nitrogens with two attached hydrogens (primary N) is 1. The number of carbonyl (C=O) groups excluding carboxylic acids is 1. The first-order valence-electron chi connectivity index (χ1n) is 5.89. The lowest BCUT2D eigenvalue weighted by Crippen LogP contribution is -2.40. The molecular formula is C13H16N2OS2. The number of amides is 1. The van der Waals surface area contributed by atoms with E-state index in [9.17, 15) is 4.79 Å². The Morgan fingerprint density at radius 1 is 1.67 bits per heavy atom. The molecule has 1 atom stereocenters. The SMILES string of the molecule is CC1CN(C(=O)c2csc(C#CCN)c2)CCS1. The van der Waals surface area contributed by atoms with Crippen molar-refractivity contribution in [1.29, 1.82) is 0 Å². The Morgan fingerprint density at radius 3 is 3.22 bits per heavy atom. The van der Waals surface area contributed by atoms with Crippen molar-refractivity contribution in [3.8, 4) is 11.8 Å². The van der Waals surface area contributed by atoms with E-state index in [4.69, 9.17) is 5.73 Å². The summed E-state index contributed by atoms with van der Waals surface area (Å²) in [7, 11) is 0. The van der Waals surface area contributed by atoms with Crippen molar-refractivity contribution in [1.82, 2.24) is 4.90 Å². The molecule has 1 aliphatic rings. The fourth-order valence-electron chi connectivity index (χ4n) is 1.84. The molecule has 1 fully saturated rings.